The number of para-hydroxylation sites is 2. The Labute approximate surface area is 119 Å². The molecule has 1 amide bonds. The number of anilines is 2. The van der Waals surface area contributed by atoms with Crippen LogP contribution < -0.4 is 16.4 Å². The highest BCUT2D eigenvalue weighted by Crippen LogP contribution is 2.29. The van der Waals surface area contributed by atoms with E-state index in [1.165, 1.54) is 0 Å². The van der Waals surface area contributed by atoms with Crippen molar-refractivity contribution in [3.05, 3.63) is 24.3 Å². The monoisotopic (exact) mass is 277 g/mol. The molecule has 0 atom stereocenters. The van der Waals surface area contributed by atoms with Gasteiger partial charge in [0.25, 0.3) is 0 Å². The van der Waals surface area contributed by atoms with Gasteiger partial charge in [0, 0.05) is 13.1 Å². The molecule has 1 aromatic rings. The lowest BCUT2D eigenvalue weighted by Crippen LogP contribution is -2.31. The van der Waals surface area contributed by atoms with E-state index in [2.05, 4.69) is 10.6 Å². The van der Waals surface area contributed by atoms with E-state index < -0.39 is 6.09 Å². The Kier molecular flexibility index (Phi) is 5.09. The molecule has 2 rings (SSSR count). The molecule has 0 spiro atoms. The van der Waals surface area contributed by atoms with E-state index in [0.29, 0.717) is 18.4 Å². The summed E-state index contributed by atoms with van der Waals surface area (Å²) in [7, 11) is 0. The van der Waals surface area contributed by atoms with Gasteiger partial charge in [-0.25, -0.2) is 4.79 Å². The number of carboxylic acid groups (broad SMARTS) is 1. The van der Waals surface area contributed by atoms with Crippen molar-refractivity contribution in [2.45, 2.75) is 25.7 Å². The van der Waals surface area contributed by atoms with Crippen LogP contribution in [0, 0.1) is 11.8 Å². The zero-order chi connectivity index (χ0) is 14.4. The Bertz CT molecular complexity index is 442. The molecule has 0 unspecified atom stereocenters. The Balaban J connectivity index is 1.69. The van der Waals surface area contributed by atoms with Crippen molar-refractivity contribution in [2.75, 3.05) is 24.1 Å². The predicted octanol–water partition coefficient (Wildman–Crippen LogP) is 2.75. The molecular weight excluding hydrogens is 254 g/mol. The van der Waals surface area contributed by atoms with Crippen molar-refractivity contribution < 1.29 is 9.90 Å². The molecule has 1 fully saturated rings. The van der Waals surface area contributed by atoms with Crippen LogP contribution in [-0.2, 0) is 0 Å². The maximum Gasteiger partial charge on any atom is 0.404 e. The number of nitrogens with one attached hydrogen (secondary N) is 2. The van der Waals surface area contributed by atoms with E-state index in [0.717, 1.165) is 43.6 Å². The van der Waals surface area contributed by atoms with Crippen LogP contribution >= 0.6 is 0 Å². The van der Waals surface area contributed by atoms with Gasteiger partial charge in [-0.1, -0.05) is 12.1 Å². The molecule has 5 heteroatoms. The van der Waals surface area contributed by atoms with E-state index in [1.807, 2.05) is 24.3 Å². The van der Waals surface area contributed by atoms with Gasteiger partial charge >= 0.3 is 6.09 Å². The normalized spacial score (nSPS) is 22.2. The Morgan fingerprint density at radius 1 is 1.15 bits per heavy atom. The molecule has 5 nitrogen and oxygen atoms in total. The zero-order valence-electron chi connectivity index (χ0n) is 11.6. The number of rotatable bonds is 5. The largest absolute Gasteiger partial charge is 0.465 e. The zero-order valence-corrected chi connectivity index (χ0v) is 11.6. The summed E-state index contributed by atoms with van der Waals surface area (Å²) in [5.74, 6) is 1.14. The van der Waals surface area contributed by atoms with Gasteiger partial charge in [-0.15, -0.1) is 0 Å². The number of nitrogens with two attached hydrogens (primary N) is 1. The minimum absolute atomic E-state index is 0.490. The van der Waals surface area contributed by atoms with Crippen LogP contribution in [0.5, 0.6) is 0 Å². The maximum absolute atomic E-state index is 10.5. The molecule has 1 aliphatic carbocycles. The number of hydrogen-bond donors (Lipinski definition) is 4. The first-order chi connectivity index (χ1) is 9.65. The highest BCUT2D eigenvalue weighted by Gasteiger charge is 2.21. The van der Waals surface area contributed by atoms with Gasteiger partial charge in [0.2, 0.25) is 0 Å². The van der Waals surface area contributed by atoms with Crippen molar-refractivity contribution in [1.82, 2.24) is 5.32 Å². The molecule has 0 aromatic heterocycles. The predicted molar refractivity (Wildman–Crippen MR) is 80.8 cm³/mol. The van der Waals surface area contributed by atoms with Gasteiger partial charge in [-0.3, -0.25) is 0 Å². The molecule has 1 aromatic carbocycles. The van der Waals surface area contributed by atoms with Crippen molar-refractivity contribution in [3.8, 4) is 0 Å². The Hall–Kier alpha value is -1.91. The second-order valence-corrected chi connectivity index (χ2v) is 5.54. The van der Waals surface area contributed by atoms with Gasteiger partial charge in [0.15, 0.2) is 0 Å². The van der Waals surface area contributed by atoms with Crippen molar-refractivity contribution in [1.29, 1.82) is 0 Å². The van der Waals surface area contributed by atoms with Crippen LogP contribution in [-0.4, -0.2) is 24.3 Å². The molecule has 1 aliphatic rings. The highest BCUT2D eigenvalue weighted by molar-refractivity contribution is 5.65. The van der Waals surface area contributed by atoms with Gasteiger partial charge in [0.05, 0.1) is 11.4 Å². The molecule has 110 valence electrons. The molecule has 0 bridgehead atoms. The molecule has 5 N–H and O–H groups in total. The van der Waals surface area contributed by atoms with Crippen LogP contribution in [0.25, 0.3) is 0 Å². The highest BCUT2D eigenvalue weighted by atomic mass is 16.4. The Morgan fingerprint density at radius 3 is 2.35 bits per heavy atom. The quantitative estimate of drug-likeness (QED) is 0.623. The Morgan fingerprint density at radius 2 is 1.75 bits per heavy atom. The van der Waals surface area contributed by atoms with Crippen LogP contribution in [0.4, 0.5) is 16.2 Å². The molecule has 1 saturated carbocycles. The number of carbonyl (C=O) groups is 1. The van der Waals surface area contributed by atoms with E-state index in [4.69, 9.17) is 10.8 Å². The SMILES string of the molecule is Nc1ccccc1NC[C@H]1CC[C@H](CNC(=O)O)CC1. The minimum atomic E-state index is -0.923. The van der Waals surface area contributed by atoms with Crippen molar-refractivity contribution in [2.24, 2.45) is 11.8 Å². The van der Waals surface area contributed by atoms with Gasteiger partial charge in [-0.05, 0) is 49.7 Å². The number of amides is 1. The number of benzene rings is 1. The molecule has 0 radical (unpaired) electrons. The van der Waals surface area contributed by atoms with E-state index in [-0.39, 0.29) is 0 Å². The molecule has 20 heavy (non-hydrogen) atoms. The molecular formula is C15H23N3O2. The summed E-state index contributed by atoms with van der Waals surface area (Å²) in [5, 5.41) is 14.5. The van der Waals surface area contributed by atoms with Crippen molar-refractivity contribution >= 4 is 17.5 Å². The fourth-order valence-corrected chi connectivity index (χ4v) is 2.78. The van der Waals surface area contributed by atoms with E-state index in [1.54, 1.807) is 0 Å². The average Bonchev–Trinajstić information content (AvgIpc) is 2.45. The second-order valence-electron chi connectivity index (χ2n) is 5.54. The third-order valence-electron chi connectivity index (χ3n) is 4.05. The summed E-state index contributed by atoms with van der Waals surface area (Å²) in [6, 6.07) is 7.81. The smallest absolute Gasteiger partial charge is 0.404 e. The van der Waals surface area contributed by atoms with Gasteiger partial charge < -0.3 is 21.5 Å². The van der Waals surface area contributed by atoms with Crippen LogP contribution in [0.2, 0.25) is 0 Å². The minimum Gasteiger partial charge on any atom is -0.465 e. The molecule has 0 aliphatic heterocycles. The standard InChI is InChI=1S/C15H23N3O2/c16-13-3-1-2-4-14(13)17-9-11-5-7-12(8-6-11)10-18-15(19)20/h1-4,11-12,17-18H,5-10,16H2,(H,19,20)/t11-,12-. The lowest BCUT2D eigenvalue weighted by molar-refractivity contribution is 0.188. The summed E-state index contributed by atoms with van der Waals surface area (Å²) in [6.07, 6.45) is 3.55. The number of nitrogen functional groups attached to an aromatic ring is 1. The van der Waals surface area contributed by atoms with E-state index >= 15 is 0 Å². The summed E-state index contributed by atoms with van der Waals surface area (Å²) in [4.78, 5) is 10.5. The summed E-state index contributed by atoms with van der Waals surface area (Å²) < 4.78 is 0. The van der Waals surface area contributed by atoms with Crippen LogP contribution in [0.1, 0.15) is 25.7 Å². The van der Waals surface area contributed by atoms with Crippen molar-refractivity contribution in [3.63, 3.8) is 0 Å². The third-order valence-corrected chi connectivity index (χ3v) is 4.05. The summed E-state index contributed by atoms with van der Waals surface area (Å²) in [5.41, 5.74) is 7.69. The van der Waals surface area contributed by atoms with Crippen LogP contribution in [0.15, 0.2) is 24.3 Å². The van der Waals surface area contributed by atoms with Crippen LogP contribution in [0.3, 0.4) is 0 Å². The lowest BCUT2D eigenvalue weighted by atomic mass is 9.82. The second kappa shape index (κ2) is 7.03. The topological polar surface area (TPSA) is 87.4 Å². The van der Waals surface area contributed by atoms with E-state index in [9.17, 15) is 4.79 Å². The summed E-state index contributed by atoms with van der Waals surface area (Å²) >= 11 is 0. The van der Waals surface area contributed by atoms with Gasteiger partial charge in [-0.2, -0.15) is 0 Å². The fourth-order valence-electron chi connectivity index (χ4n) is 2.78. The third kappa shape index (κ3) is 4.33. The summed E-state index contributed by atoms with van der Waals surface area (Å²) in [6.45, 7) is 1.52. The first-order valence-electron chi connectivity index (χ1n) is 7.20. The first-order valence-corrected chi connectivity index (χ1v) is 7.20. The average molecular weight is 277 g/mol. The molecule has 0 heterocycles. The lowest BCUT2D eigenvalue weighted by Gasteiger charge is -2.28. The maximum atomic E-state index is 10.5. The fraction of sp³-hybridized carbons (Fsp3) is 0.533. The van der Waals surface area contributed by atoms with Gasteiger partial charge in [0.1, 0.15) is 0 Å². The first kappa shape index (κ1) is 14.5. The number of hydrogen-bond acceptors (Lipinski definition) is 3. The molecule has 0 saturated heterocycles.